The van der Waals surface area contributed by atoms with E-state index in [1.54, 1.807) is 14.2 Å². The number of imidazole rings is 1. The first kappa shape index (κ1) is 14.9. The fraction of sp³-hybridized carbons (Fsp3) is 0.429. The van der Waals surface area contributed by atoms with Gasteiger partial charge >= 0.3 is 0 Å². The first-order chi connectivity index (χ1) is 9.67. The van der Waals surface area contributed by atoms with Crippen molar-refractivity contribution in [1.82, 2.24) is 14.9 Å². The molecule has 1 N–H and O–H groups in total. The molecule has 6 heteroatoms. The molecule has 0 spiro atoms. The molecule has 0 saturated carbocycles. The molecule has 20 heavy (non-hydrogen) atoms. The van der Waals surface area contributed by atoms with E-state index in [9.17, 15) is 4.79 Å². The third-order valence-corrected chi connectivity index (χ3v) is 4.13. The lowest BCUT2D eigenvalue weighted by molar-refractivity contribution is -0.119. The Morgan fingerprint density at radius 2 is 2.25 bits per heavy atom. The monoisotopic (exact) mass is 293 g/mol. The highest BCUT2D eigenvalue weighted by molar-refractivity contribution is 8.00. The van der Waals surface area contributed by atoms with Crippen molar-refractivity contribution in [2.45, 2.75) is 23.9 Å². The second-order valence-corrected chi connectivity index (χ2v) is 5.71. The summed E-state index contributed by atoms with van der Waals surface area (Å²) in [5, 5.41) is 3.32. The van der Waals surface area contributed by atoms with E-state index >= 15 is 0 Å². The predicted octanol–water partition coefficient (Wildman–Crippen LogP) is 1.91. The maximum atomic E-state index is 11.7. The lowest BCUT2D eigenvalue weighted by Crippen LogP contribution is -2.27. The van der Waals surface area contributed by atoms with Gasteiger partial charge in [-0.25, -0.2) is 4.98 Å². The zero-order valence-corrected chi connectivity index (χ0v) is 12.7. The van der Waals surface area contributed by atoms with Gasteiger partial charge in [-0.15, -0.1) is 0 Å². The first-order valence-electron chi connectivity index (χ1n) is 6.49. The number of benzene rings is 1. The molecule has 1 amide bonds. The summed E-state index contributed by atoms with van der Waals surface area (Å²) >= 11 is 1.46. The summed E-state index contributed by atoms with van der Waals surface area (Å²) in [5.74, 6) is 0.000322. The first-order valence-corrected chi connectivity index (χ1v) is 7.37. The van der Waals surface area contributed by atoms with Gasteiger partial charge < -0.3 is 14.6 Å². The fourth-order valence-electron chi connectivity index (χ4n) is 1.96. The molecule has 5 nitrogen and oxygen atoms in total. The number of fused-ring (bicyclic) bond motifs is 1. The predicted molar refractivity (Wildman–Crippen MR) is 81.0 cm³/mol. The van der Waals surface area contributed by atoms with E-state index < -0.39 is 0 Å². The summed E-state index contributed by atoms with van der Waals surface area (Å²) in [4.78, 5) is 16.3. The van der Waals surface area contributed by atoms with Gasteiger partial charge in [-0.1, -0.05) is 23.9 Å². The highest BCUT2D eigenvalue weighted by Gasteiger charge is 2.18. The summed E-state index contributed by atoms with van der Waals surface area (Å²) in [7, 11) is 3.33. The van der Waals surface area contributed by atoms with Crippen LogP contribution in [0, 0.1) is 0 Å². The SMILES string of the molecule is CNC(=O)[C@@H](C)Sc1nc2ccccc2n1CCOC. The van der Waals surface area contributed by atoms with Crippen molar-refractivity contribution in [3.05, 3.63) is 24.3 Å². The van der Waals surface area contributed by atoms with Gasteiger partial charge in [-0.3, -0.25) is 4.79 Å². The Labute approximate surface area is 122 Å². The molecule has 0 aliphatic carbocycles. The standard InChI is InChI=1S/C14H19N3O2S/c1-10(13(18)15-2)20-14-16-11-6-4-5-7-12(11)17(14)8-9-19-3/h4-7,10H,8-9H2,1-3H3,(H,15,18)/t10-/m1/s1. The quantitative estimate of drug-likeness (QED) is 0.827. The van der Waals surface area contributed by atoms with Crippen LogP contribution in [0.3, 0.4) is 0 Å². The van der Waals surface area contributed by atoms with E-state index in [0.717, 1.165) is 22.7 Å². The van der Waals surface area contributed by atoms with Gasteiger partial charge in [0.1, 0.15) is 0 Å². The molecule has 0 bridgehead atoms. The third-order valence-electron chi connectivity index (χ3n) is 3.04. The van der Waals surface area contributed by atoms with Gasteiger partial charge in [-0.05, 0) is 19.1 Å². The Bertz CT molecular complexity index is 597. The maximum Gasteiger partial charge on any atom is 0.233 e. The van der Waals surface area contributed by atoms with Crippen LogP contribution < -0.4 is 5.32 Å². The summed E-state index contributed by atoms with van der Waals surface area (Å²) in [6, 6.07) is 7.97. The van der Waals surface area contributed by atoms with E-state index in [1.165, 1.54) is 11.8 Å². The normalized spacial score (nSPS) is 12.6. The molecule has 2 rings (SSSR count). The zero-order valence-electron chi connectivity index (χ0n) is 11.9. The van der Waals surface area contributed by atoms with Gasteiger partial charge in [0.05, 0.1) is 22.9 Å². The van der Waals surface area contributed by atoms with E-state index in [-0.39, 0.29) is 11.2 Å². The van der Waals surface area contributed by atoms with Crippen LogP contribution in [0.25, 0.3) is 11.0 Å². The maximum absolute atomic E-state index is 11.7. The van der Waals surface area contributed by atoms with Crippen LogP contribution >= 0.6 is 11.8 Å². The van der Waals surface area contributed by atoms with Crippen LogP contribution in [0.4, 0.5) is 0 Å². The summed E-state index contributed by atoms with van der Waals surface area (Å²) in [6.45, 7) is 3.21. The van der Waals surface area contributed by atoms with Crippen LogP contribution in [0.1, 0.15) is 6.92 Å². The molecular weight excluding hydrogens is 274 g/mol. The van der Waals surface area contributed by atoms with Crippen LogP contribution in [-0.4, -0.2) is 41.5 Å². The number of hydrogen-bond donors (Lipinski definition) is 1. The second-order valence-electron chi connectivity index (χ2n) is 4.40. The Morgan fingerprint density at radius 1 is 1.50 bits per heavy atom. The van der Waals surface area contributed by atoms with E-state index in [1.807, 2.05) is 31.2 Å². The number of aromatic nitrogens is 2. The van der Waals surface area contributed by atoms with Gasteiger partial charge in [0, 0.05) is 20.7 Å². The number of para-hydroxylation sites is 2. The lowest BCUT2D eigenvalue weighted by atomic mass is 10.3. The van der Waals surface area contributed by atoms with Crippen molar-refractivity contribution in [1.29, 1.82) is 0 Å². The topological polar surface area (TPSA) is 56.2 Å². The van der Waals surface area contributed by atoms with Gasteiger partial charge in [0.2, 0.25) is 5.91 Å². The fourth-order valence-corrected chi connectivity index (χ4v) is 2.97. The minimum absolute atomic E-state index is 0.000322. The molecule has 1 atom stereocenters. The van der Waals surface area contributed by atoms with Crippen LogP contribution in [0.2, 0.25) is 0 Å². The largest absolute Gasteiger partial charge is 0.383 e. The molecule has 0 saturated heterocycles. The number of ether oxygens (including phenoxy) is 1. The van der Waals surface area contributed by atoms with Crippen molar-refractivity contribution >= 4 is 28.7 Å². The molecule has 2 aromatic rings. The number of amides is 1. The Kier molecular flexibility index (Phi) is 5.03. The van der Waals surface area contributed by atoms with Crippen LogP contribution in [-0.2, 0) is 16.1 Å². The number of nitrogens with zero attached hydrogens (tertiary/aromatic N) is 2. The number of carbonyl (C=O) groups is 1. The molecular formula is C14H19N3O2S. The minimum atomic E-state index is -0.182. The van der Waals surface area contributed by atoms with Crippen molar-refractivity contribution < 1.29 is 9.53 Å². The highest BCUT2D eigenvalue weighted by atomic mass is 32.2. The molecule has 0 unspecified atom stereocenters. The van der Waals surface area contributed by atoms with Gasteiger partial charge in [0.25, 0.3) is 0 Å². The smallest absolute Gasteiger partial charge is 0.233 e. The molecule has 1 aromatic carbocycles. The number of rotatable bonds is 6. The Hall–Kier alpha value is -1.53. The molecule has 0 aliphatic heterocycles. The Morgan fingerprint density at radius 3 is 2.95 bits per heavy atom. The summed E-state index contributed by atoms with van der Waals surface area (Å²) < 4.78 is 7.26. The van der Waals surface area contributed by atoms with Crippen molar-refractivity contribution in [3.63, 3.8) is 0 Å². The van der Waals surface area contributed by atoms with E-state index in [0.29, 0.717) is 6.61 Å². The number of carbonyl (C=O) groups excluding carboxylic acids is 1. The van der Waals surface area contributed by atoms with Crippen LogP contribution in [0.15, 0.2) is 29.4 Å². The second kappa shape index (κ2) is 6.76. The summed E-state index contributed by atoms with van der Waals surface area (Å²) in [5.41, 5.74) is 2.01. The average Bonchev–Trinajstić information content (AvgIpc) is 2.81. The van der Waals surface area contributed by atoms with Gasteiger partial charge in [-0.2, -0.15) is 0 Å². The number of nitrogens with one attached hydrogen (secondary N) is 1. The number of methoxy groups -OCH3 is 1. The van der Waals surface area contributed by atoms with Crippen molar-refractivity contribution in [2.24, 2.45) is 0 Å². The highest BCUT2D eigenvalue weighted by Crippen LogP contribution is 2.27. The van der Waals surface area contributed by atoms with E-state index in [4.69, 9.17) is 4.74 Å². The molecule has 1 aromatic heterocycles. The van der Waals surface area contributed by atoms with E-state index in [2.05, 4.69) is 14.9 Å². The molecule has 0 radical (unpaired) electrons. The van der Waals surface area contributed by atoms with Crippen LogP contribution in [0.5, 0.6) is 0 Å². The van der Waals surface area contributed by atoms with Crippen molar-refractivity contribution in [2.75, 3.05) is 20.8 Å². The average molecular weight is 293 g/mol. The van der Waals surface area contributed by atoms with Crippen molar-refractivity contribution in [3.8, 4) is 0 Å². The zero-order chi connectivity index (χ0) is 14.5. The third kappa shape index (κ3) is 3.13. The Balaban J connectivity index is 2.33. The minimum Gasteiger partial charge on any atom is -0.383 e. The lowest BCUT2D eigenvalue weighted by Gasteiger charge is -2.11. The number of hydrogen-bond acceptors (Lipinski definition) is 4. The molecule has 108 valence electrons. The van der Waals surface area contributed by atoms with Gasteiger partial charge in [0.15, 0.2) is 5.16 Å². The molecule has 1 heterocycles. The molecule has 0 aliphatic rings. The summed E-state index contributed by atoms with van der Waals surface area (Å²) in [6.07, 6.45) is 0. The molecule has 0 fully saturated rings. The number of thioether (sulfide) groups is 1.